The molecule has 0 aromatic carbocycles. The lowest BCUT2D eigenvalue weighted by Gasteiger charge is -2.39. The molecule has 1 fully saturated rings. The first-order valence-electron chi connectivity index (χ1n) is 9.71. The Morgan fingerprint density at radius 3 is 3.08 bits per heavy atom. The van der Waals surface area contributed by atoms with E-state index in [-0.39, 0.29) is 0 Å². The molecule has 2 aliphatic rings. The second-order valence-electron chi connectivity index (χ2n) is 7.16. The Hall–Kier alpha value is -1.37. The molecule has 26 heavy (non-hydrogen) atoms. The maximum absolute atomic E-state index is 5.37. The fraction of sp³-hybridized carbons (Fsp3) is 0.650. The van der Waals surface area contributed by atoms with Gasteiger partial charge in [0.25, 0.3) is 0 Å². The number of piperidine rings is 1. The van der Waals surface area contributed by atoms with Crippen LogP contribution < -0.4 is 10.6 Å². The van der Waals surface area contributed by atoms with Crippen LogP contribution in [0.5, 0.6) is 0 Å². The number of guanidine groups is 1. The molecule has 2 atom stereocenters. The molecule has 0 aliphatic carbocycles. The highest BCUT2D eigenvalue weighted by atomic mass is 32.1. The monoisotopic (exact) mass is 376 g/mol. The Balaban J connectivity index is 1.48. The summed E-state index contributed by atoms with van der Waals surface area (Å²) in [6.45, 7) is 4.69. The number of aliphatic imine (C=N–C) groups is 1. The van der Waals surface area contributed by atoms with Gasteiger partial charge in [-0.2, -0.15) is 0 Å². The van der Waals surface area contributed by atoms with Crippen LogP contribution >= 0.6 is 11.3 Å². The van der Waals surface area contributed by atoms with Gasteiger partial charge >= 0.3 is 0 Å². The van der Waals surface area contributed by atoms with Crippen molar-refractivity contribution in [3.05, 3.63) is 34.0 Å². The third-order valence-electron chi connectivity index (χ3n) is 5.39. The summed E-state index contributed by atoms with van der Waals surface area (Å²) in [7, 11) is 4.11. The molecule has 3 rings (SSSR count). The minimum atomic E-state index is 0.516. The quantitative estimate of drug-likeness (QED) is 0.455. The lowest BCUT2D eigenvalue weighted by atomic mass is 9.88. The van der Waals surface area contributed by atoms with Gasteiger partial charge in [0.05, 0.1) is 13.2 Å². The van der Waals surface area contributed by atoms with Crippen molar-refractivity contribution in [1.29, 1.82) is 0 Å². The molecule has 2 aliphatic heterocycles. The number of nitrogens with one attached hydrogen (secondary N) is 2. The second kappa shape index (κ2) is 10.1. The highest BCUT2D eigenvalue weighted by molar-refractivity contribution is 7.10. The number of ether oxygens (including phenoxy) is 1. The maximum atomic E-state index is 5.37. The van der Waals surface area contributed by atoms with Crippen molar-refractivity contribution >= 4 is 17.3 Å². The normalized spacial score (nSPS) is 25.0. The summed E-state index contributed by atoms with van der Waals surface area (Å²) in [6.07, 6.45) is 6.88. The molecule has 1 saturated heterocycles. The van der Waals surface area contributed by atoms with E-state index >= 15 is 0 Å². The van der Waals surface area contributed by atoms with Gasteiger partial charge in [-0.05, 0) is 56.6 Å². The van der Waals surface area contributed by atoms with E-state index < -0.39 is 0 Å². The molecule has 0 spiro atoms. The van der Waals surface area contributed by atoms with E-state index in [0.717, 1.165) is 45.1 Å². The summed E-state index contributed by atoms with van der Waals surface area (Å²) in [4.78, 5) is 8.39. The molecule has 1 aromatic rings. The molecule has 2 N–H and O–H groups in total. The zero-order valence-corrected chi connectivity index (χ0v) is 16.9. The molecule has 0 bridgehead atoms. The lowest BCUT2D eigenvalue weighted by Crippen LogP contribution is -2.45. The summed E-state index contributed by atoms with van der Waals surface area (Å²) < 4.78 is 5.37. The van der Waals surface area contributed by atoms with Gasteiger partial charge in [-0.1, -0.05) is 17.7 Å². The van der Waals surface area contributed by atoms with Gasteiger partial charge in [0.15, 0.2) is 5.96 Å². The van der Waals surface area contributed by atoms with Crippen molar-refractivity contribution in [2.75, 3.05) is 46.9 Å². The van der Waals surface area contributed by atoms with Crippen LogP contribution in [0.15, 0.2) is 34.2 Å². The molecule has 1 aromatic heterocycles. The van der Waals surface area contributed by atoms with Crippen LogP contribution in [0, 0.1) is 5.92 Å². The summed E-state index contributed by atoms with van der Waals surface area (Å²) >= 11 is 1.87. The SMILES string of the molecule is CN=C(NCCC1=CCOCC1)NCC1CCCN(C)C1c1cccs1. The van der Waals surface area contributed by atoms with Gasteiger partial charge in [-0.15, -0.1) is 11.3 Å². The summed E-state index contributed by atoms with van der Waals surface area (Å²) in [5, 5.41) is 9.21. The van der Waals surface area contributed by atoms with Crippen LogP contribution in [0.3, 0.4) is 0 Å². The van der Waals surface area contributed by atoms with E-state index in [0.29, 0.717) is 12.0 Å². The van der Waals surface area contributed by atoms with Gasteiger partial charge in [-0.3, -0.25) is 9.89 Å². The third kappa shape index (κ3) is 5.32. The minimum Gasteiger partial charge on any atom is -0.377 e. The number of rotatable bonds is 6. The van der Waals surface area contributed by atoms with Gasteiger partial charge in [-0.25, -0.2) is 0 Å². The van der Waals surface area contributed by atoms with Crippen LogP contribution in [0.1, 0.15) is 36.6 Å². The van der Waals surface area contributed by atoms with E-state index in [9.17, 15) is 0 Å². The topological polar surface area (TPSA) is 48.9 Å². The summed E-state index contributed by atoms with van der Waals surface area (Å²) in [5.41, 5.74) is 1.49. The average molecular weight is 377 g/mol. The molecule has 0 saturated carbocycles. The van der Waals surface area contributed by atoms with Crippen molar-refractivity contribution in [2.45, 2.75) is 31.7 Å². The second-order valence-corrected chi connectivity index (χ2v) is 8.14. The predicted molar refractivity (Wildman–Crippen MR) is 110 cm³/mol. The van der Waals surface area contributed by atoms with Crippen molar-refractivity contribution in [3.63, 3.8) is 0 Å². The van der Waals surface area contributed by atoms with Crippen molar-refractivity contribution in [1.82, 2.24) is 15.5 Å². The zero-order chi connectivity index (χ0) is 18.2. The summed E-state index contributed by atoms with van der Waals surface area (Å²) in [5.74, 6) is 1.53. The Labute approximate surface area is 161 Å². The Morgan fingerprint density at radius 2 is 2.35 bits per heavy atom. The van der Waals surface area contributed by atoms with Crippen LogP contribution in [-0.4, -0.2) is 57.8 Å². The maximum Gasteiger partial charge on any atom is 0.190 e. The van der Waals surface area contributed by atoms with E-state index in [2.05, 4.69) is 51.2 Å². The van der Waals surface area contributed by atoms with E-state index in [1.165, 1.54) is 29.8 Å². The minimum absolute atomic E-state index is 0.516. The van der Waals surface area contributed by atoms with Gasteiger partial charge in [0.1, 0.15) is 0 Å². The molecular formula is C20H32N4OS. The lowest BCUT2D eigenvalue weighted by molar-refractivity contribution is 0.125. The average Bonchev–Trinajstić information content (AvgIpc) is 3.19. The van der Waals surface area contributed by atoms with Crippen LogP contribution in [0.2, 0.25) is 0 Å². The highest BCUT2D eigenvalue weighted by Crippen LogP contribution is 2.36. The first kappa shape index (κ1) is 19.4. The third-order valence-corrected chi connectivity index (χ3v) is 6.34. The van der Waals surface area contributed by atoms with Crippen LogP contribution in [0.4, 0.5) is 0 Å². The number of likely N-dealkylation sites (tertiary alicyclic amines) is 1. The molecular weight excluding hydrogens is 344 g/mol. The fourth-order valence-corrected chi connectivity index (χ4v) is 4.95. The standard InChI is InChI=1S/C20H32N4OS/c1-21-20(22-10-7-16-8-12-25-13-9-16)23-15-17-5-3-11-24(2)19(17)18-6-4-14-26-18/h4,6,8,14,17,19H,3,5,7,9-13,15H2,1-2H3,(H2,21,22,23). The molecule has 144 valence electrons. The molecule has 5 nitrogen and oxygen atoms in total. The zero-order valence-electron chi connectivity index (χ0n) is 16.0. The smallest absolute Gasteiger partial charge is 0.190 e. The Kier molecular flexibility index (Phi) is 7.53. The van der Waals surface area contributed by atoms with Crippen molar-refractivity contribution in [2.24, 2.45) is 10.9 Å². The largest absolute Gasteiger partial charge is 0.377 e. The van der Waals surface area contributed by atoms with Crippen LogP contribution in [-0.2, 0) is 4.74 Å². The summed E-state index contributed by atoms with van der Waals surface area (Å²) in [6, 6.07) is 4.96. The van der Waals surface area contributed by atoms with E-state index in [4.69, 9.17) is 4.74 Å². The molecule has 0 radical (unpaired) electrons. The van der Waals surface area contributed by atoms with Gasteiger partial charge in [0, 0.05) is 31.1 Å². The van der Waals surface area contributed by atoms with Crippen molar-refractivity contribution < 1.29 is 4.74 Å². The van der Waals surface area contributed by atoms with Crippen molar-refractivity contribution in [3.8, 4) is 0 Å². The number of hydrogen-bond donors (Lipinski definition) is 2. The molecule has 6 heteroatoms. The van der Waals surface area contributed by atoms with Gasteiger partial charge < -0.3 is 15.4 Å². The first-order chi connectivity index (χ1) is 12.8. The number of nitrogens with zero attached hydrogens (tertiary/aromatic N) is 2. The fourth-order valence-electron chi connectivity index (χ4n) is 3.96. The molecule has 3 heterocycles. The van der Waals surface area contributed by atoms with Crippen LogP contribution in [0.25, 0.3) is 0 Å². The number of hydrogen-bond acceptors (Lipinski definition) is 4. The number of thiophene rings is 1. The van der Waals surface area contributed by atoms with E-state index in [1.54, 1.807) is 0 Å². The Morgan fingerprint density at radius 1 is 1.42 bits per heavy atom. The molecule has 0 amide bonds. The van der Waals surface area contributed by atoms with E-state index in [1.807, 2.05) is 18.4 Å². The highest BCUT2D eigenvalue weighted by Gasteiger charge is 2.31. The molecule has 2 unspecified atom stereocenters. The Bertz CT molecular complexity index is 599. The van der Waals surface area contributed by atoms with Gasteiger partial charge in [0.2, 0.25) is 0 Å². The first-order valence-corrected chi connectivity index (χ1v) is 10.6. The predicted octanol–water partition coefficient (Wildman–Crippen LogP) is 3.03.